The molecule has 2 aromatic rings. The molecule has 2 unspecified atom stereocenters. The lowest BCUT2D eigenvalue weighted by molar-refractivity contribution is -0.0199. The molecule has 0 bridgehead atoms. The molecule has 34 heavy (non-hydrogen) atoms. The summed E-state index contributed by atoms with van der Waals surface area (Å²) in [6, 6.07) is 14.4. The molecule has 0 aromatic heterocycles. The Bertz CT molecular complexity index is 955. The molecule has 1 amide bonds. The molecule has 0 aliphatic carbocycles. The molecule has 7 nitrogen and oxygen atoms in total. The smallest absolute Gasteiger partial charge is 0.407 e. The zero-order valence-electron chi connectivity index (χ0n) is 19.6. The second-order valence-electron chi connectivity index (χ2n) is 8.83. The van der Waals surface area contributed by atoms with E-state index in [9.17, 15) is 9.90 Å². The molecule has 2 aliphatic heterocycles. The first-order valence-corrected chi connectivity index (χ1v) is 12.4. The number of ether oxygens (including phenoxy) is 3. The van der Waals surface area contributed by atoms with Crippen LogP contribution in [0.1, 0.15) is 35.4 Å². The first-order chi connectivity index (χ1) is 16.6. The number of hydrogen-bond acceptors (Lipinski definition) is 5. The largest absolute Gasteiger partial charge is 0.490 e. The number of rotatable bonds is 9. The summed E-state index contributed by atoms with van der Waals surface area (Å²) in [6.07, 6.45) is 0.551. The third-order valence-electron chi connectivity index (χ3n) is 6.62. The van der Waals surface area contributed by atoms with Gasteiger partial charge >= 0.3 is 6.09 Å². The number of anilines is 1. The van der Waals surface area contributed by atoms with Crippen molar-refractivity contribution in [3.8, 4) is 5.75 Å². The van der Waals surface area contributed by atoms with E-state index in [2.05, 4.69) is 23.1 Å². The van der Waals surface area contributed by atoms with Gasteiger partial charge in [0.2, 0.25) is 0 Å². The van der Waals surface area contributed by atoms with E-state index in [1.807, 2.05) is 24.3 Å². The average Bonchev–Trinajstić information content (AvgIpc) is 2.87. The molecule has 2 aliphatic rings. The van der Waals surface area contributed by atoms with E-state index in [1.54, 1.807) is 7.11 Å². The van der Waals surface area contributed by atoms with Crippen LogP contribution < -0.4 is 9.64 Å². The van der Waals surface area contributed by atoms with Crippen LogP contribution in [0.3, 0.4) is 0 Å². The molecule has 1 saturated heterocycles. The highest BCUT2D eigenvalue weighted by Crippen LogP contribution is 2.35. The fourth-order valence-corrected chi connectivity index (χ4v) is 4.92. The van der Waals surface area contributed by atoms with Crippen LogP contribution in [0.5, 0.6) is 5.75 Å². The van der Waals surface area contributed by atoms with Gasteiger partial charge in [0.05, 0.1) is 31.5 Å². The normalized spacial score (nSPS) is 20.1. The molecule has 0 spiro atoms. The van der Waals surface area contributed by atoms with Crippen LogP contribution in [0, 0.1) is 0 Å². The van der Waals surface area contributed by atoms with Crippen LogP contribution in [0.4, 0.5) is 10.5 Å². The molecule has 2 aromatic carbocycles. The van der Waals surface area contributed by atoms with Gasteiger partial charge in [-0.3, -0.25) is 0 Å². The monoisotopic (exact) mass is 488 g/mol. The number of carboxylic acid groups (broad SMARTS) is 1. The van der Waals surface area contributed by atoms with Gasteiger partial charge in [0.1, 0.15) is 12.4 Å². The molecule has 1 N–H and O–H groups in total. The number of hydrogen-bond donors (Lipinski definition) is 1. The van der Waals surface area contributed by atoms with Crippen molar-refractivity contribution in [3.63, 3.8) is 0 Å². The number of amides is 1. The minimum Gasteiger partial charge on any atom is -0.490 e. The van der Waals surface area contributed by atoms with E-state index >= 15 is 0 Å². The second-order valence-corrected chi connectivity index (χ2v) is 9.10. The van der Waals surface area contributed by atoms with E-state index < -0.39 is 6.09 Å². The van der Waals surface area contributed by atoms with Crippen LogP contribution in [-0.4, -0.2) is 68.7 Å². The van der Waals surface area contributed by atoms with E-state index in [0.29, 0.717) is 32.2 Å². The Kier molecular flexibility index (Phi) is 8.53. The van der Waals surface area contributed by atoms with Gasteiger partial charge in [-0.15, -0.1) is 11.6 Å². The van der Waals surface area contributed by atoms with Gasteiger partial charge in [0.25, 0.3) is 0 Å². The molecule has 2 heterocycles. The van der Waals surface area contributed by atoms with Crippen molar-refractivity contribution in [1.82, 2.24) is 4.90 Å². The molecule has 184 valence electrons. The van der Waals surface area contributed by atoms with Crippen molar-refractivity contribution in [1.29, 1.82) is 0 Å². The Morgan fingerprint density at radius 3 is 2.71 bits per heavy atom. The highest BCUT2D eigenvalue weighted by Gasteiger charge is 2.33. The number of carbonyl (C=O) groups is 1. The maximum Gasteiger partial charge on any atom is 0.407 e. The van der Waals surface area contributed by atoms with E-state index in [1.165, 1.54) is 4.90 Å². The van der Waals surface area contributed by atoms with Crippen molar-refractivity contribution in [3.05, 3.63) is 59.2 Å². The summed E-state index contributed by atoms with van der Waals surface area (Å²) in [5, 5.41) is 9.54. The van der Waals surface area contributed by atoms with Gasteiger partial charge in [-0.05, 0) is 41.7 Å². The molecule has 0 saturated carbocycles. The van der Waals surface area contributed by atoms with Gasteiger partial charge in [-0.1, -0.05) is 30.3 Å². The zero-order chi connectivity index (χ0) is 23.9. The zero-order valence-corrected chi connectivity index (χ0v) is 20.4. The lowest BCUT2D eigenvalue weighted by Gasteiger charge is -2.37. The summed E-state index contributed by atoms with van der Waals surface area (Å²) in [5.74, 6) is 1.49. The van der Waals surface area contributed by atoms with Crippen LogP contribution in [0.25, 0.3) is 0 Å². The number of alkyl halides is 1. The van der Waals surface area contributed by atoms with E-state index in [0.717, 1.165) is 60.7 Å². The summed E-state index contributed by atoms with van der Waals surface area (Å²) < 4.78 is 17.4. The number of benzene rings is 2. The van der Waals surface area contributed by atoms with Crippen molar-refractivity contribution in [2.45, 2.75) is 37.4 Å². The van der Waals surface area contributed by atoms with Gasteiger partial charge in [0, 0.05) is 38.6 Å². The highest BCUT2D eigenvalue weighted by molar-refractivity contribution is 6.17. The maximum absolute atomic E-state index is 11.6. The van der Waals surface area contributed by atoms with Gasteiger partial charge in [-0.2, -0.15) is 0 Å². The number of nitrogens with zero attached hydrogens (tertiary/aromatic N) is 2. The maximum atomic E-state index is 11.6. The van der Waals surface area contributed by atoms with Crippen molar-refractivity contribution in [2.75, 3.05) is 51.4 Å². The second kappa shape index (κ2) is 11.8. The van der Waals surface area contributed by atoms with Crippen molar-refractivity contribution < 1.29 is 24.1 Å². The minimum atomic E-state index is -0.901. The number of fused-ring (bicyclic) bond motifs is 1. The standard InChI is InChI=1S/C26H33ClN2O5/c1-32-13-2-10-28-12-14-33-24-8-5-20(15-23(24)28)18-34-25-17-29(26(30)31)11-9-22(25)21-6-3-19(16-27)4-7-21/h3-8,15,22,25H,2,9-14,16-18H2,1H3,(H,30,31). The lowest BCUT2D eigenvalue weighted by Crippen LogP contribution is -2.46. The molecule has 1 fully saturated rings. The number of halogens is 1. The predicted molar refractivity (Wildman–Crippen MR) is 132 cm³/mol. The lowest BCUT2D eigenvalue weighted by atomic mass is 9.86. The van der Waals surface area contributed by atoms with Crippen LogP contribution in [-0.2, 0) is 22.0 Å². The van der Waals surface area contributed by atoms with E-state index in [4.69, 9.17) is 25.8 Å². The molecule has 2 atom stereocenters. The quantitative estimate of drug-likeness (QED) is 0.407. The van der Waals surface area contributed by atoms with Gasteiger partial charge in [0.15, 0.2) is 0 Å². The summed E-state index contributed by atoms with van der Waals surface area (Å²) in [4.78, 5) is 15.4. The summed E-state index contributed by atoms with van der Waals surface area (Å²) in [5.41, 5.74) is 4.35. The Labute approximate surface area is 206 Å². The summed E-state index contributed by atoms with van der Waals surface area (Å²) in [7, 11) is 1.72. The van der Waals surface area contributed by atoms with Crippen molar-refractivity contribution >= 4 is 23.4 Å². The summed E-state index contributed by atoms with van der Waals surface area (Å²) >= 11 is 5.95. The Morgan fingerprint density at radius 1 is 1.18 bits per heavy atom. The number of methoxy groups -OCH3 is 1. The topological polar surface area (TPSA) is 71.5 Å². The molecule has 4 rings (SSSR count). The van der Waals surface area contributed by atoms with E-state index in [-0.39, 0.29) is 12.0 Å². The van der Waals surface area contributed by atoms with Gasteiger partial charge < -0.3 is 29.1 Å². The highest BCUT2D eigenvalue weighted by atomic mass is 35.5. The van der Waals surface area contributed by atoms with Crippen LogP contribution >= 0.6 is 11.6 Å². The molecular weight excluding hydrogens is 456 g/mol. The van der Waals surface area contributed by atoms with Gasteiger partial charge in [-0.25, -0.2) is 4.79 Å². The van der Waals surface area contributed by atoms with Crippen LogP contribution in [0.15, 0.2) is 42.5 Å². The molecule has 0 radical (unpaired) electrons. The Hall–Kier alpha value is -2.48. The Morgan fingerprint density at radius 2 is 1.97 bits per heavy atom. The SMILES string of the molecule is COCCCN1CCOc2ccc(COC3CN(C(=O)O)CCC3c3ccc(CCl)cc3)cc21. The molecular formula is C26H33ClN2O5. The third kappa shape index (κ3) is 5.95. The fourth-order valence-electron chi connectivity index (χ4n) is 4.74. The average molecular weight is 489 g/mol. The Balaban J connectivity index is 1.47. The predicted octanol–water partition coefficient (Wildman–Crippen LogP) is 4.71. The number of likely N-dealkylation sites (tertiary alicyclic amines) is 1. The summed E-state index contributed by atoms with van der Waals surface area (Å²) in [6.45, 7) is 4.42. The minimum absolute atomic E-state index is 0.131. The molecule has 8 heteroatoms. The fraction of sp³-hybridized carbons (Fsp3) is 0.500. The third-order valence-corrected chi connectivity index (χ3v) is 6.92. The first-order valence-electron chi connectivity index (χ1n) is 11.8. The van der Waals surface area contributed by atoms with Crippen molar-refractivity contribution in [2.24, 2.45) is 0 Å². The number of piperidine rings is 1. The first kappa shape index (κ1) is 24.6. The van der Waals surface area contributed by atoms with Crippen LogP contribution in [0.2, 0.25) is 0 Å².